The number of hydrogen-bond acceptors (Lipinski definition) is 5. The summed E-state index contributed by atoms with van der Waals surface area (Å²) in [7, 11) is 3.27. The Morgan fingerprint density at radius 1 is 1.00 bits per heavy atom. The van der Waals surface area contributed by atoms with Crippen molar-refractivity contribution in [3.05, 3.63) is 65.7 Å². The van der Waals surface area contributed by atoms with Crippen molar-refractivity contribution in [3.8, 4) is 5.75 Å². The van der Waals surface area contributed by atoms with Gasteiger partial charge in [0.25, 0.3) is 0 Å². The Labute approximate surface area is 157 Å². The third-order valence-electron chi connectivity index (χ3n) is 3.92. The van der Waals surface area contributed by atoms with Crippen LogP contribution >= 0.6 is 11.8 Å². The molecule has 5 heteroatoms. The predicted octanol–water partition coefficient (Wildman–Crippen LogP) is 4.82. The van der Waals surface area contributed by atoms with Crippen LogP contribution in [-0.2, 0) is 9.47 Å². The average Bonchev–Trinajstić information content (AvgIpc) is 2.67. The van der Waals surface area contributed by atoms with Gasteiger partial charge in [0, 0.05) is 19.6 Å². The van der Waals surface area contributed by atoms with Gasteiger partial charge in [-0.2, -0.15) is 0 Å². The van der Waals surface area contributed by atoms with Crippen molar-refractivity contribution in [1.29, 1.82) is 0 Å². The molecule has 4 nitrogen and oxygen atoms in total. The molecule has 0 radical (unpaired) electrons. The number of methoxy groups -OCH3 is 2. The van der Waals surface area contributed by atoms with Crippen LogP contribution in [-0.4, -0.2) is 36.4 Å². The summed E-state index contributed by atoms with van der Waals surface area (Å²) in [4.78, 5) is 4.72. The Morgan fingerprint density at radius 2 is 1.73 bits per heavy atom. The Balaban J connectivity index is 1.78. The van der Waals surface area contributed by atoms with E-state index in [1.807, 2.05) is 30.4 Å². The van der Waals surface area contributed by atoms with Gasteiger partial charge in [0.15, 0.2) is 6.29 Å². The van der Waals surface area contributed by atoms with Crippen molar-refractivity contribution in [2.24, 2.45) is 0 Å². The van der Waals surface area contributed by atoms with Crippen LogP contribution in [0.15, 0.2) is 59.6 Å². The van der Waals surface area contributed by atoms with Gasteiger partial charge in [0.1, 0.15) is 5.75 Å². The number of aromatic hydroxyl groups is 1. The first-order valence-electron chi connectivity index (χ1n) is 8.24. The lowest BCUT2D eigenvalue weighted by molar-refractivity contribution is -0.0842. The van der Waals surface area contributed by atoms with Gasteiger partial charge in [0.05, 0.1) is 16.3 Å². The summed E-state index contributed by atoms with van der Waals surface area (Å²) in [5, 5.41) is 11.6. The molecule has 134 valence electrons. The summed E-state index contributed by atoms with van der Waals surface area (Å²) >= 11 is 1.60. The van der Waals surface area contributed by atoms with Gasteiger partial charge in [-0.05, 0) is 35.4 Å². The Bertz CT molecular complexity index is 907. The number of rotatable bonds is 7. The van der Waals surface area contributed by atoms with Crippen LogP contribution < -0.4 is 0 Å². The summed E-state index contributed by atoms with van der Waals surface area (Å²) in [6.07, 6.45) is 3.75. The summed E-state index contributed by atoms with van der Waals surface area (Å²) in [6.45, 7) is 0. The average molecular weight is 367 g/mol. The largest absolute Gasteiger partial charge is 0.508 e. The maximum absolute atomic E-state index is 9.54. The minimum Gasteiger partial charge on any atom is -0.508 e. The van der Waals surface area contributed by atoms with Gasteiger partial charge in [-0.15, -0.1) is 11.8 Å². The monoisotopic (exact) mass is 367 g/mol. The number of thioether (sulfide) groups is 1. The van der Waals surface area contributed by atoms with Crippen LogP contribution in [0.2, 0.25) is 0 Å². The third kappa shape index (κ3) is 4.85. The molecule has 0 fully saturated rings. The number of ether oxygens (including phenoxy) is 2. The van der Waals surface area contributed by atoms with E-state index in [0.717, 1.165) is 27.1 Å². The van der Waals surface area contributed by atoms with Crippen molar-refractivity contribution in [2.75, 3.05) is 20.0 Å². The van der Waals surface area contributed by atoms with Gasteiger partial charge in [-0.1, -0.05) is 42.5 Å². The number of hydrogen-bond donors (Lipinski definition) is 1. The zero-order valence-corrected chi connectivity index (χ0v) is 15.6. The van der Waals surface area contributed by atoms with E-state index in [-0.39, 0.29) is 12.0 Å². The standard InChI is InChI=1S/C21H21NO3S/c1-24-21(25-2)14-26-20-11-10-17-9-8-16(13-19(17)22-20)7-6-15-4-3-5-18(23)12-15/h3-13,21,23H,14H2,1-2H3. The fraction of sp³-hybridized carbons (Fsp3) is 0.190. The minimum atomic E-state index is -0.242. The molecule has 1 heterocycles. The summed E-state index contributed by atoms with van der Waals surface area (Å²) in [5.74, 6) is 0.946. The van der Waals surface area contributed by atoms with Crippen molar-refractivity contribution < 1.29 is 14.6 Å². The van der Waals surface area contributed by atoms with Gasteiger partial charge < -0.3 is 14.6 Å². The van der Waals surface area contributed by atoms with Crippen LogP contribution in [0.4, 0.5) is 0 Å². The first kappa shape index (κ1) is 18.5. The van der Waals surface area contributed by atoms with E-state index in [9.17, 15) is 5.11 Å². The quantitative estimate of drug-likeness (QED) is 0.368. The molecule has 3 rings (SSSR count). The molecular formula is C21H21NO3S. The van der Waals surface area contributed by atoms with Gasteiger partial charge in [-0.25, -0.2) is 4.98 Å². The molecule has 0 bridgehead atoms. The lowest BCUT2D eigenvalue weighted by Gasteiger charge is -2.12. The molecule has 0 atom stereocenters. The van der Waals surface area contributed by atoms with Crippen molar-refractivity contribution in [1.82, 2.24) is 4.98 Å². The SMILES string of the molecule is COC(CSc1ccc2ccc(C=Cc3cccc(O)c3)cc2n1)OC. The highest BCUT2D eigenvalue weighted by Crippen LogP contribution is 2.23. The summed E-state index contributed by atoms with van der Waals surface area (Å²) in [5.41, 5.74) is 2.95. The maximum Gasteiger partial charge on any atom is 0.166 e. The first-order chi connectivity index (χ1) is 12.7. The molecule has 0 aliphatic rings. The van der Waals surface area contributed by atoms with Crippen LogP contribution in [0.25, 0.3) is 23.1 Å². The predicted molar refractivity (Wildman–Crippen MR) is 107 cm³/mol. The van der Waals surface area contributed by atoms with Crippen LogP contribution in [0.1, 0.15) is 11.1 Å². The van der Waals surface area contributed by atoms with Crippen LogP contribution in [0.3, 0.4) is 0 Å². The third-order valence-corrected chi connectivity index (χ3v) is 4.88. The number of pyridine rings is 1. The van der Waals surface area contributed by atoms with E-state index in [1.54, 1.807) is 38.1 Å². The van der Waals surface area contributed by atoms with E-state index < -0.39 is 0 Å². The number of aromatic nitrogens is 1. The Morgan fingerprint density at radius 3 is 2.46 bits per heavy atom. The molecule has 0 saturated carbocycles. The van der Waals surface area contributed by atoms with Gasteiger partial charge in [-0.3, -0.25) is 0 Å². The van der Waals surface area contributed by atoms with E-state index >= 15 is 0 Å². The van der Waals surface area contributed by atoms with Crippen molar-refractivity contribution in [2.45, 2.75) is 11.3 Å². The molecule has 1 N–H and O–H groups in total. The highest BCUT2D eigenvalue weighted by atomic mass is 32.2. The second kappa shape index (κ2) is 8.85. The fourth-order valence-electron chi connectivity index (χ4n) is 2.51. The highest BCUT2D eigenvalue weighted by molar-refractivity contribution is 7.99. The lowest BCUT2D eigenvalue weighted by atomic mass is 10.1. The normalized spacial score (nSPS) is 11.7. The van der Waals surface area contributed by atoms with Crippen molar-refractivity contribution >= 4 is 34.8 Å². The number of benzene rings is 2. The molecule has 0 aliphatic carbocycles. The number of fused-ring (bicyclic) bond motifs is 1. The van der Waals surface area contributed by atoms with Crippen molar-refractivity contribution in [3.63, 3.8) is 0 Å². The lowest BCUT2D eigenvalue weighted by Crippen LogP contribution is -2.15. The van der Waals surface area contributed by atoms with E-state index in [1.165, 1.54) is 0 Å². The highest BCUT2D eigenvalue weighted by Gasteiger charge is 2.07. The topological polar surface area (TPSA) is 51.6 Å². The minimum absolute atomic E-state index is 0.242. The molecule has 0 spiro atoms. The smallest absolute Gasteiger partial charge is 0.166 e. The second-order valence-electron chi connectivity index (χ2n) is 5.74. The Kier molecular flexibility index (Phi) is 6.28. The zero-order valence-electron chi connectivity index (χ0n) is 14.8. The summed E-state index contributed by atoms with van der Waals surface area (Å²) < 4.78 is 10.4. The number of phenols is 1. The van der Waals surface area contributed by atoms with E-state index in [0.29, 0.717) is 5.75 Å². The molecule has 26 heavy (non-hydrogen) atoms. The van der Waals surface area contributed by atoms with E-state index in [2.05, 4.69) is 24.3 Å². The molecule has 0 unspecified atom stereocenters. The van der Waals surface area contributed by atoms with Crippen LogP contribution in [0, 0.1) is 0 Å². The van der Waals surface area contributed by atoms with Crippen LogP contribution in [0.5, 0.6) is 5.75 Å². The zero-order chi connectivity index (χ0) is 18.4. The Hall–Kier alpha value is -2.34. The van der Waals surface area contributed by atoms with E-state index in [4.69, 9.17) is 14.5 Å². The van der Waals surface area contributed by atoms with Gasteiger partial charge >= 0.3 is 0 Å². The molecule has 3 aromatic rings. The summed E-state index contributed by atoms with van der Waals surface area (Å²) in [6, 6.07) is 17.4. The number of phenolic OH excluding ortho intramolecular Hbond substituents is 1. The molecule has 0 saturated heterocycles. The van der Waals surface area contributed by atoms with Gasteiger partial charge in [0.2, 0.25) is 0 Å². The fourth-order valence-corrected chi connectivity index (χ4v) is 3.41. The first-order valence-corrected chi connectivity index (χ1v) is 9.23. The second-order valence-corrected chi connectivity index (χ2v) is 6.78. The number of nitrogens with zero attached hydrogens (tertiary/aromatic N) is 1. The molecule has 0 aliphatic heterocycles. The maximum atomic E-state index is 9.54. The molecular weight excluding hydrogens is 346 g/mol. The molecule has 2 aromatic carbocycles. The molecule has 1 aromatic heterocycles. The molecule has 0 amide bonds.